The molecule has 1 saturated heterocycles. The summed E-state index contributed by atoms with van der Waals surface area (Å²) in [6, 6.07) is 4.93. The number of amides is 1. The van der Waals surface area contributed by atoms with Crippen LogP contribution in [0, 0.1) is 0 Å². The first kappa shape index (κ1) is 19.2. The van der Waals surface area contributed by atoms with Crippen LogP contribution in [0.2, 0.25) is 0 Å². The Bertz CT molecular complexity index is 710. The van der Waals surface area contributed by atoms with Gasteiger partial charge in [-0.3, -0.25) is 4.79 Å². The van der Waals surface area contributed by atoms with Crippen LogP contribution in [-0.4, -0.2) is 37.3 Å². The zero-order valence-corrected chi connectivity index (χ0v) is 15.6. The third kappa shape index (κ3) is 3.77. The molecule has 1 aromatic rings. The Labute approximate surface area is 148 Å². The van der Waals surface area contributed by atoms with Crippen LogP contribution in [0.4, 0.5) is 5.69 Å². The maximum atomic E-state index is 12.2. The van der Waals surface area contributed by atoms with E-state index in [1.54, 1.807) is 25.1 Å². The highest BCUT2D eigenvalue weighted by Crippen LogP contribution is 2.36. The molecule has 7 heteroatoms. The number of carbonyl (C=O) groups excluding carboxylic acids is 2. The largest absolute Gasteiger partial charge is 0.495 e. The number of ether oxygens (including phenoxy) is 1. The second-order valence-corrected chi connectivity index (χ2v) is 7.12. The van der Waals surface area contributed by atoms with Crippen molar-refractivity contribution in [3.63, 3.8) is 0 Å². The van der Waals surface area contributed by atoms with Gasteiger partial charge in [-0.15, -0.1) is 0 Å². The van der Waals surface area contributed by atoms with Gasteiger partial charge >= 0.3 is 13.1 Å². The zero-order chi connectivity index (χ0) is 19.0. The van der Waals surface area contributed by atoms with Crippen molar-refractivity contribution < 1.29 is 23.6 Å². The molecule has 1 aromatic carbocycles. The number of benzene rings is 1. The molecule has 2 rings (SSSR count). The summed E-state index contributed by atoms with van der Waals surface area (Å²) >= 11 is 0. The predicted molar refractivity (Wildman–Crippen MR) is 96.9 cm³/mol. The lowest BCUT2D eigenvalue weighted by Crippen LogP contribution is -2.41. The minimum Gasteiger partial charge on any atom is -0.465 e. The molecule has 25 heavy (non-hydrogen) atoms. The van der Waals surface area contributed by atoms with Crippen molar-refractivity contribution in [1.82, 2.24) is 0 Å². The number of hydrogen-bond acceptors (Lipinski definition) is 5. The third-order valence-corrected chi connectivity index (χ3v) is 4.61. The van der Waals surface area contributed by atoms with Crippen LogP contribution < -0.4 is 10.8 Å². The number of hydrogen-bond donors (Lipinski definition) is 1. The van der Waals surface area contributed by atoms with Gasteiger partial charge in [0.25, 0.3) is 5.91 Å². The molecule has 6 nitrogen and oxygen atoms in total. The minimum atomic E-state index is -0.704. The Balaban J connectivity index is 2.40. The van der Waals surface area contributed by atoms with E-state index in [-0.39, 0.29) is 11.5 Å². The summed E-state index contributed by atoms with van der Waals surface area (Å²) < 4.78 is 16.9. The lowest BCUT2D eigenvalue weighted by molar-refractivity contribution is -0.112. The summed E-state index contributed by atoms with van der Waals surface area (Å²) in [6.45, 7) is 12.9. The van der Waals surface area contributed by atoms with Gasteiger partial charge in [-0.25, -0.2) is 4.79 Å². The number of nitrogens with one attached hydrogen (secondary N) is 1. The molecule has 1 fully saturated rings. The molecule has 0 spiro atoms. The lowest BCUT2D eigenvalue weighted by Gasteiger charge is -2.32. The third-order valence-electron chi connectivity index (χ3n) is 4.61. The van der Waals surface area contributed by atoms with Crippen LogP contribution >= 0.6 is 0 Å². The molecular weight excluding hydrogens is 321 g/mol. The smallest absolute Gasteiger partial charge is 0.465 e. The van der Waals surface area contributed by atoms with Crippen molar-refractivity contribution in [2.45, 2.75) is 45.8 Å². The van der Waals surface area contributed by atoms with Crippen LogP contribution in [0.1, 0.15) is 45.0 Å². The molecule has 1 N–H and O–H groups in total. The maximum absolute atomic E-state index is 12.2. The first-order valence-corrected chi connectivity index (χ1v) is 8.03. The molecular formula is C18H24BNO5. The summed E-state index contributed by atoms with van der Waals surface area (Å²) in [4.78, 5) is 24.0. The van der Waals surface area contributed by atoms with E-state index in [0.29, 0.717) is 16.7 Å². The van der Waals surface area contributed by atoms with E-state index in [9.17, 15) is 9.59 Å². The fraction of sp³-hybridized carbons (Fsp3) is 0.444. The molecule has 0 aliphatic carbocycles. The van der Waals surface area contributed by atoms with Crippen LogP contribution in [0.3, 0.4) is 0 Å². The summed E-state index contributed by atoms with van der Waals surface area (Å²) in [7, 11) is 0.597. The SMILES string of the molecule is C=C(C)C(=O)Nc1ccc(B2OC(C)(C)C(C)(C)O2)c(C(=O)OC)c1. The fourth-order valence-corrected chi connectivity index (χ4v) is 2.33. The van der Waals surface area contributed by atoms with E-state index in [1.165, 1.54) is 7.11 Å². The van der Waals surface area contributed by atoms with Crippen molar-refractivity contribution in [1.29, 1.82) is 0 Å². The first-order chi connectivity index (χ1) is 11.5. The Hall–Kier alpha value is -2.12. The standard InChI is InChI=1S/C18H24BNO5/c1-11(2)15(21)20-12-8-9-14(13(10-12)16(22)23-7)19-24-17(3,4)18(5,6)25-19/h8-10H,1H2,2-7H3,(H,20,21). The molecule has 0 radical (unpaired) electrons. The number of methoxy groups -OCH3 is 1. The molecule has 1 aliphatic rings. The molecule has 0 bridgehead atoms. The van der Waals surface area contributed by atoms with Crippen LogP contribution in [0.5, 0.6) is 0 Å². The quantitative estimate of drug-likeness (QED) is 0.515. The van der Waals surface area contributed by atoms with Crippen molar-refractivity contribution in [2.75, 3.05) is 12.4 Å². The van der Waals surface area contributed by atoms with Gasteiger partial charge in [0.1, 0.15) is 0 Å². The molecule has 0 aromatic heterocycles. The molecule has 134 valence electrons. The van der Waals surface area contributed by atoms with Gasteiger partial charge in [-0.05, 0) is 52.2 Å². The van der Waals surface area contributed by atoms with Gasteiger partial charge < -0.3 is 19.4 Å². The van der Waals surface area contributed by atoms with E-state index in [2.05, 4.69) is 11.9 Å². The summed E-state index contributed by atoms with van der Waals surface area (Å²) in [5.74, 6) is -0.852. The number of anilines is 1. The summed E-state index contributed by atoms with van der Waals surface area (Å²) in [5, 5.41) is 2.68. The summed E-state index contributed by atoms with van der Waals surface area (Å²) in [5.41, 5.74) is 0.609. The van der Waals surface area contributed by atoms with Crippen molar-refractivity contribution in [3.05, 3.63) is 35.9 Å². The monoisotopic (exact) mass is 345 g/mol. The summed E-state index contributed by atoms with van der Waals surface area (Å²) in [6.07, 6.45) is 0. The average Bonchev–Trinajstić information content (AvgIpc) is 2.74. The number of esters is 1. The van der Waals surface area contributed by atoms with E-state index >= 15 is 0 Å². The molecule has 1 amide bonds. The van der Waals surface area contributed by atoms with Crippen molar-refractivity contribution in [3.8, 4) is 0 Å². The van der Waals surface area contributed by atoms with Crippen LogP contribution in [0.15, 0.2) is 30.4 Å². The predicted octanol–water partition coefficient (Wildman–Crippen LogP) is 2.29. The van der Waals surface area contributed by atoms with E-state index in [1.807, 2.05) is 27.7 Å². The van der Waals surface area contributed by atoms with Crippen molar-refractivity contribution >= 4 is 30.1 Å². The molecule has 0 atom stereocenters. The van der Waals surface area contributed by atoms with E-state index in [4.69, 9.17) is 14.0 Å². The fourth-order valence-electron chi connectivity index (χ4n) is 2.33. The lowest BCUT2D eigenvalue weighted by atomic mass is 9.75. The second kappa shape index (κ2) is 6.65. The van der Waals surface area contributed by atoms with Gasteiger partial charge in [0, 0.05) is 11.3 Å². The second-order valence-electron chi connectivity index (χ2n) is 7.12. The first-order valence-electron chi connectivity index (χ1n) is 8.03. The molecule has 1 heterocycles. The average molecular weight is 345 g/mol. The van der Waals surface area contributed by atoms with Crippen LogP contribution in [0.25, 0.3) is 0 Å². The minimum absolute atomic E-state index is 0.278. The van der Waals surface area contributed by atoms with Gasteiger partial charge in [0.2, 0.25) is 0 Å². The number of carbonyl (C=O) groups is 2. The Morgan fingerprint density at radius 2 is 1.72 bits per heavy atom. The Morgan fingerprint density at radius 3 is 2.20 bits per heavy atom. The highest BCUT2D eigenvalue weighted by Gasteiger charge is 2.52. The molecule has 1 aliphatic heterocycles. The topological polar surface area (TPSA) is 73.9 Å². The van der Waals surface area contributed by atoms with E-state index in [0.717, 1.165) is 0 Å². The molecule has 0 unspecified atom stereocenters. The highest BCUT2D eigenvalue weighted by molar-refractivity contribution is 6.63. The molecule has 0 saturated carbocycles. The Kier molecular flexibility index (Phi) is 5.11. The van der Waals surface area contributed by atoms with Gasteiger partial charge in [-0.2, -0.15) is 0 Å². The normalized spacial score (nSPS) is 17.9. The number of rotatable bonds is 4. The maximum Gasteiger partial charge on any atom is 0.495 e. The highest BCUT2D eigenvalue weighted by atomic mass is 16.7. The van der Waals surface area contributed by atoms with Gasteiger partial charge in [0.05, 0.1) is 23.9 Å². The van der Waals surface area contributed by atoms with Gasteiger partial charge in [-0.1, -0.05) is 12.6 Å². The Morgan fingerprint density at radius 1 is 1.16 bits per heavy atom. The van der Waals surface area contributed by atoms with Gasteiger partial charge in [0.15, 0.2) is 0 Å². The zero-order valence-electron chi connectivity index (χ0n) is 15.6. The van der Waals surface area contributed by atoms with E-state index < -0.39 is 24.3 Å². The van der Waals surface area contributed by atoms with Crippen molar-refractivity contribution in [2.24, 2.45) is 0 Å². The van der Waals surface area contributed by atoms with Crippen LogP contribution in [-0.2, 0) is 18.8 Å².